The Bertz CT molecular complexity index is 921. The van der Waals surface area contributed by atoms with E-state index in [-0.39, 0.29) is 21.3 Å². The Morgan fingerprint density at radius 2 is 1.64 bits per heavy atom. The van der Waals surface area contributed by atoms with Crippen LogP contribution in [-0.4, -0.2) is 17.0 Å². The summed E-state index contributed by atoms with van der Waals surface area (Å²) in [6, 6.07) is 7.60. The van der Waals surface area contributed by atoms with E-state index in [1.54, 1.807) is 32.9 Å². The van der Waals surface area contributed by atoms with Gasteiger partial charge in [-0.15, -0.1) is 0 Å². The maximum atomic E-state index is 12.9. The lowest BCUT2D eigenvalue weighted by Gasteiger charge is -2.17. The van der Waals surface area contributed by atoms with E-state index in [4.69, 9.17) is 12.2 Å². The van der Waals surface area contributed by atoms with Gasteiger partial charge < -0.3 is 0 Å². The van der Waals surface area contributed by atoms with Gasteiger partial charge in [-0.05, 0) is 52.0 Å². The van der Waals surface area contributed by atoms with Gasteiger partial charge in [0.2, 0.25) is 0 Å². The van der Waals surface area contributed by atoms with Crippen LogP contribution in [0.4, 0.5) is 0 Å². The molecule has 2 aromatic rings. The number of nitrogens with zero attached hydrogens (tertiary/aromatic N) is 2. The molecule has 1 aromatic heterocycles. The predicted octanol–water partition coefficient (Wildman–Crippen LogP) is 2.81. The molecule has 2 rings (SSSR count). The normalized spacial score (nSPS) is 11.9. The van der Waals surface area contributed by atoms with Crippen LogP contribution in [0.25, 0.3) is 0 Å². The molecule has 0 saturated heterocycles. The summed E-state index contributed by atoms with van der Waals surface area (Å²) in [5.41, 5.74) is 0.965. The number of benzene rings is 1. The zero-order chi connectivity index (χ0) is 16.7. The first-order valence-corrected chi connectivity index (χ1v) is 8.68. The molecule has 118 valence electrons. The molecule has 7 heteroatoms. The second kappa shape index (κ2) is 5.81. The maximum absolute atomic E-state index is 12.9. The van der Waals surface area contributed by atoms with Gasteiger partial charge in [-0.25, -0.2) is 12.4 Å². The van der Waals surface area contributed by atoms with Gasteiger partial charge in [0.25, 0.3) is 15.6 Å². The lowest BCUT2D eigenvalue weighted by atomic mass is 10.2. The van der Waals surface area contributed by atoms with E-state index in [9.17, 15) is 13.2 Å². The van der Waals surface area contributed by atoms with Crippen molar-refractivity contribution < 1.29 is 8.42 Å². The molecular formula is C15H18N2O3S2. The molecule has 5 nitrogen and oxygen atoms in total. The third-order valence-corrected chi connectivity index (χ3v) is 5.65. The van der Waals surface area contributed by atoms with Crippen LogP contribution in [0.1, 0.15) is 31.1 Å². The van der Waals surface area contributed by atoms with Crippen LogP contribution in [0.15, 0.2) is 40.0 Å². The lowest BCUT2D eigenvalue weighted by molar-refractivity contribution is 0.538. The predicted molar refractivity (Wildman–Crippen MR) is 88.4 cm³/mol. The SMILES string of the molecule is Cc1ccc(S(=O)(=O)n2c(C)cc(=O)n(C(C)C)c2=S)cc1. The van der Waals surface area contributed by atoms with Crippen LogP contribution in [0.2, 0.25) is 0 Å². The van der Waals surface area contributed by atoms with Crippen molar-refractivity contribution in [2.24, 2.45) is 0 Å². The summed E-state index contributed by atoms with van der Waals surface area (Å²) in [6.45, 7) is 7.02. The molecular weight excluding hydrogens is 320 g/mol. The third-order valence-electron chi connectivity index (χ3n) is 3.35. The molecule has 22 heavy (non-hydrogen) atoms. The summed E-state index contributed by atoms with van der Waals surface area (Å²) in [4.78, 5) is 12.2. The van der Waals surface area contributed by atoms with Crippen molar-refractivity contribution in [2.75, 3.05) is 0 Å². The summed E-state index contributed by atoms with van der Waals surface area (Å²) in [5, 5.41) is 0. The van der Waals surface area contributed by atoms with Crippen molar-refractivity contribution in [3.05, 3.63) is 56.7 Å². The molecule has 0 amide bonds. The van der Waals surface area contributed by atoms with Crippen molar-refractivity contribution in [1.29, 1.82) is 0 Å². The molecule has 0 aliphatic heterocycles. The van der Waals surface area contributed by atoms with Gasteiger partial charge in [0, 0.05) is 17.8 Å². The summed E-state index contributed by atoms with van der Waals surface area (Å²) >= 11 is 5.26. The summed E-state index contributed by atoms with van der Waals surface area (Å²) in [6.07, 6.45) is 0. The summed E-state index contributed by atoms with van der Waals surface area (Å²) in [7, 11) is -3.84. The third kappa shape index (κ3) is 2.78. The van der Waals surface area contributed by atoms with E-state index in [0.717, 1.165) is 9.54 Å². The van der Waals surface area contributed by atoms with Gasteiger partial charge in [0.1, 0.15) is 0 Å². The van der Waals surface area contributed by atoms with Gasteiger partial charge in [-0.3, -0.25) is 9.36 Å². The molecule has 1 aromatic carbocycles. The minimum absolute atomic E-state index is 0.0134. The van der Waals surface area contributed by atoms with E-state index in [1.807, 2.05) is 6.92 Å². The van der Waals surface area contributed by atoms with Crippen molar-refractivity contribution >= 4 is 22.2 Å². The molecule has 0 spiro atoms. The molecule has 0 aliphatic rings. The molecule has 0 radical (unpaired) electrons. The first kappa shape index (κ1) is 16.6. The molecule has 0 fully saturated rings. The number of hydrogen-bond donors (Lipinski definition) is 0. The lowest BCUT2D eigenvalue weighted by Crippen LogP contribution is -2.30. The van der Waals surface area contributed by atoms with Gasteiger partial charge in [-0.1, -0.05) is 17.7 Å². The molecule has 0 bridgehead atoms. The Balaban J connectivity index is 2.82. The number of hydrogen-bond acceptors (Lipinski definition) is 4. The van der Waals surface area contributed by atoms with Crippen LogP contribution in [-0.2, 0) is 10.0 Å². The highest BCUT2D eigenvalue weighted by Crippen LogP contribution is 2.17. The van der Waals surface area contributed by atoms with Crippen LogP contribution >= 0.6 is 12.2 Å². The highest BCUT2D eigenvalue weighted by molar-refractivity contribution is 7.90. The maximum Gasteiger partial charge on any atom is 0.270 e. The van der Waals surface area contributed by atoms with Gasteiger partial charge in [0.05, 0.1) is 4.90 Å². The van der Waals surface area contributed by atoms with E-state index in [1.165, 1.54) is 22.8 Å². The fourth-order valence-corrected chi connectivity index (χ4v) is 4.39. The minimum Gasteiger partial charge on any atom is -0.282 e. The zero-order valence-corrected chi connectivity index (χ0v) is 14.5. The van der Waals surface area contributed by atoms with Crippen molar-refractivity contribution in [3.63, 3.8) is 0 Å². The number of aromatic nitrogens is 2. The first-order valence-electron chi connectivity index (χ1n) is 6.83. The van der Waals surface area contributed by atoms with E-state index >= 15 is 0 Å². The minimum atomic E-state index is -3.84. The number of rotatable bonds is 3. The second-order valence-electron chi connectivity index (χ2n) is 5.45. The second-order valence-corrected chi connectivity index (χ2v) is 7.60. The molecule has 1 heterocycles. The molecule has 0 N–H and O–H groups in total. The van der Waals surface area contributed by atoms with E-state index in [2.05, 4.69) is 0 Å². The largest absolute Gasteiger partial charge is 0.282 e. The van der Waals surface area contributed by atoms with Crippen LogP contribution in [0.5, 0.6) is 0 Å². The average Bonchev–Trinajstić information content (AvgIpc) is 2.37. The monoisotopic (exact) mass is 338 g/mol. The summed E-state index contributed by atoms with van der Waals surface area (Å²) < 4.78 is 28.0. The molecule has 0 saturated carbocycles. The molecule has 0 aliphatic carbocycles. The fraction of sp³-hybridized carbons (Fsp3) is 0.333. The fourth-order valence-electron chi connectivity index (χ4n) is 2.23. The van der Waals surface area contributed by atoms with Crippen LogP contribution in [0.3, 0.4) is 0 Å². The van der Waals surface area contributed by atoms with E-state index < -0.39 is 10.0 Å². The smallest absolute Gasteiger partial charge is 0.270 e. The van der Waals surface area contributed by atoms with Gasteiger partial charge in [0.15, 0.2) is 4.77 Å². The van der Waals surface area contributed by atoms with Crippen LogP contribution < -0.4 is 5.56 Å². The highest BCUT2D eigenvalue weighted by atomic mass is 32.2. The number of aryl methyl sites for hydroxylation is 2. The standard InChI is InChI=1S/C15H18N2O3S2/c1-10(2)16-14(18)9-12(4)17(15(16)21)22(19,20)13-7-5-11(3)6-8-13/h5-10H,1-4H3. The van der Waals surface area contributed by atoms with Crippen molar-refractivity contribution in [2.45, 2.75) is 38.6 Å². The first-order chi connectivity index (χ1) is 10.2. The molecule has 0 atom stereocenters. The Kier molecular flexibility index (Phi) is 4.39. The Morgan fingerprint density at radius 3 is 2.14 bits per heavy atom. The highest BCUT2D eigenvalue weighted by Gasteiger charge is 2.21. The quantitative estimate of drug-likeness (QED) is 0.808. The van der Waals surface area contributed by atoms with Gasteiger partial charge >= 0.3 is 0 Å². The Hall–Kier alpha value is -1.73. The van der Waals surface area contributed by atoms with Gasteiger partial charge in [-0.2, -0.15) is 0 Å². The van der Waals surface area contributed by atoms with Crippen molar-refractivity contribution in [1.82, 2.24) is 8.54 Å². The Morgan fingerprint density at radius 1 is 1.09 bits per heavy atom. The zero-order valence-electron chi connectivity index (χ0n) is 12.9. The van der Waals surface area contributed by atoms with E-state index in [0.29, 0.717) is 5.69 Å². The average molecular weight is 338 g/mol. The Labute approximate surface area is 134 Å². The van der Waals surface area contributed by atoms with Crippen molar-refractivity contribution in [3.8, 4) is 0 Å². The van der Waals surface area contributed by atoms with Crippen LogP contribution in [0, 0.1) is 18.6 Å². The topological polar surface area (TPSA) is 61.1 Å². The molecule has 0 unspecified atom stereocenters. The summed E-state index contributed by atoms with van der Waals surface area (Å²) in [5.74, 6) is 0.